The zero-order valence-electron chi connectivity index (χ0n) is 10.2. The van der Waals surface area contributed by atoms with E-state index in [-0.39, 0.29) is 17.7 Å². The van der Waals surface area contributed by atoms with Gasteiger partial charge in [0.15, 0.2) is 5.78 Å². The van der Waals surface area contributed by atoms with Crippen LogP contribution < -0.4 is 0 Å². The lowest BCUT2D eigenvalue weighted by atomic mass is 9.83. The second-order valence-electron chi connectivity index (χ2n) is 4.50. The molecule has 0 spiro atoms. The maximum Gasteiger partial charge on any atom is 0.309 e. The molecule has 1 aliphatic carbocycles. The summed E-state index contributed by atoms with van der Waals surface area (Å²) in [7, 11) is 1.43. The number of benzene rings is 1. The molecule has 0 N–H and O–H groups in total. The van der Waals surface area contributed by atoms with Gasteiger partial charge in [-0.2, -0.15) is 0 Å². The Morgan fingerprint density at radius 1 is 1.29 bits per heavy atom. The van der Waals surface area contributed by atoms with Crippen molar-refractivity contribution in [1.29, 1.82) is 0 Å². The van der Waals surface area contributed by atoms with Crippen LogP contribution in [0.15, 0.2) is 18.2 Å². The number of carbonyl (C=O) groups is 2. The van der Waals surface area contributed by atoms with Crippen molar-refractivity contribution < 1.29 is 14.3 Å². The van der Waals surface area contributed by atoms with E-state index in [2.05, 4.69) is 0 Å². The Balaban J connectivity index is 2.23. The fourth-order valence-corrected chi connectivity index (χ4v) is 2.34. The van der Waals surface area contributed by atoms with Crippen molar-refractivity contribution >= 4 is 11.8 Å². The largest absolute Gasteiger partial charge is 0.469 e. The number of ether oxygens (including phenoxy) is 1. The number of aryl methyl sites for hydroxylation is 1. The summed E-state index contributed by atoms with van der Waals surface area (Å²) in [6.07, 6.45) is 2.37. The Kier molecular flexibility index (Phi) is 3.27. The van der Waals surface area contributed by atoms with E-state index in [1.807, 2.05) is 18.2 Å². The van der Waals surface area contributed by atoms with Crippen molar-refractivity contribution in [2.75, 3.05) is 7.11 Å². The summed E-state index contributed by atoms with van der Waals surface area (Å²) in [6.45, 7) is 1.57. The summed E-state index contributed by atoms with van der Waals surface area (Å²) < 4.78 is 4.77. The smallest absolute Gasteiger partial charge is 0.309 e. The standard InChI is InChI=1S/C14H16O3/c1-9(15)10-3-4-12-8-13(14(16)17-2)6-5-11(12)7-10/h3-4,7,13H,5-6,8H2,1-2H3. The molecule has 0 heterocycles. The summed E-state index contributed by atoms with van der Waals surface area (Å²) in [5, 5.41) is 0. The zero-order valence-corrected chi connectivity index (χ0v) is 10.2. The molecule has 0 fully saturated rings. The highest BCUT2D eigenvalue weighted by atomic mass is 16.5. The highest BCUT2D eigenvalue weighted by Crippen LogP contribution is 2.27. The van der Waals surface area contributed by atoms with Crippen molar-refractivity contribution in [1.82, 2.24) is 0 Å². The molecule has 3 heteroatoms. The molecule has 0 amide bonds. The second-order valence-corrected chi connectivity index (χ2v) is 4.50. The minimum atomic E-state index is -0.133. The number of hydrogen-bond acceptors (Lipinski definition) is 3. The van der Waals surface area contributed by atoms with Crippen LogP contribution in [-0.2, 0) is 22.4 Å². The molecule has 90 valence electrons. The third kappa shape index (κ3) is 2.38. The van der Waals surface area contributed by atoms with E-state index in [0.29, 0.717) is 0 Å². The molecule has 1 aliphatic rings. The number of rotatable bonds is 2. The summed E-state index contributed by atoms with van der Waals surface area (Å²) >= 11 is 0. The molecular weight excluding hydrogens is 216 g/mol. The fourth-order valence-electron chi connectivity index (χ4n) is 2.34. The van der Waals surface area contributed by atoms with Gasteiger partial charge in [-0.1, -0.05) is 12.1 Å². The van der Waals surface area contributed by atoms with E-state index in [1.165, 1.54) is 12.7 Å². The molecule has 0 saturated carbocycles. The number of hydrogen-bond donors (Lipinski definition) is 0. The van der Waals surface area contributed by atoms with E-state index in [4.69, 9.17) is 4.74 Å². The van der Waals surface area contributed by atoms with Crippen LogP contribution in [0.3, 0.4) is 0 Å². The van der Waals surface area contributed by atoms with Gasteiger partial charge in [0, 0.05) is 5.56 Å². The van der Waals surface area contributed by atoms with Crippen LogP contribution >= 0.6 is 0 Å². The van der Waals surface area contributed by atoms with Gasteiger partial charge in [-0.3, -0.25) is 9.59 Å². The van der Waals surface area contributed by atoms with Crippen LogP contribution in [0.5, 0.6) is 0 Å². The van der Waals surface area contributed by atoms with E-state index in [0.717, 1.165) is 30.4 Å². The Hall–Kier alpha value is -1.64. The number of methoxy groups -OCH3 is 1. The van der Waals surface area contributed by atoms with Crippen LogP contribution in [0.25, 0.3) is 0 Å². The van der Waals surface area contributed by atoms with Gasteiger partial charge in [0.1, 0.15) is 0 Å². The average Bonchev–Trinajstić information content (AvgIpc) is 2.36. The molecule has 1 aromatic carbocycles. The zero-order chi connectivity index (χ0) is 12.4. The summed E-state index contributed by atoms with van der Waals surface area (Å²) in [6, 6.07) is 5.74. The Labute approximate surface area is 101 Å². The minimum Gasteiger partial charge on any atom is -0.469 e. The summed E-state index contributed by atoms with van der Waals surface area (Å²) in [5.74, 6) is -0.0788. The van der Waals surface area contributed by atoms with Gasteiger partial charge < -0.3 is 4.74 Å². The van der Waals surface area contributed by atoms with E-state index < -0.39 is 0 Å². The van der Waals surface area contributed by atoms with E-state index in [9.17, 15) is 9.59 Å². The second kappa shape index (κ2) is 4.70. The van der Waals surface area contributed by atoms with Crippen LogP contribution in [0.2, 0.25) is 0 Å². The molecular formula is C14H16O3. The van der Waals surface area contributed by atoms with Crippen molar-refractivity contribution in [3.8, 4) is 0 Å². The number of fused-ring (bicyclic) bond motifs is 1. The fraction of sp³-hybridized carbons (Fsp3) is 0.429. The number of carbonyl (C=O) groups excluding carboxylic acids is 2. The molecule has 0 bridgehead atoms. The first-order valence-electron chi connectivity index (χ1n) is 5.82. The molecule has 0 aromatic heterocycles. The minimum absolute atomic E-state index is 0.0318. The van der Waals surface area contributed by atoms with Gasteiger partial charge in [0.05, 0.1) is 13.0 Å². The van der Waals surface area contributed by atoms with Gasteiger partial charge >= 0.3 is 5.97 Å². The van der Waals surface area contributed by atoms with Gasteiger partial charge in [-0.15, -0.1) is 0 Å². The van der Waals surface area contributed by atoms with Gasteiger partial charge in [0.25, 0.3) is 0 Å². The van der Waals surface area contributed by atoms with Crippen molar-refractivity contribution in [2.24, 2.45) is 5.92 Å². The van der Waals surface area contributed by atoms with Crippen molar-refractivity contribution in [3.63, 3.8) is 0 Å². The topological polar surface area (TPSA) is 43.4 Å². The van der Waals surface area contributed by atoms with Gasteiger partial charge in [-0.05, 0) is 43.4 Å². The molecule has 1 aromatic rings. The number of esters is 1. The number of Topliss-reactive ketones (excluding diaryl/α,β-unsaturated/α-hetero) is 1. The maximum absolute atomic E-state index is 11.5. The highest BCUT2D eigenvalue weighted by molar-refractivity contribution is 5.94. The molecule has 0 radical (unpaired) electrons. The normalized spacial score (nSPS) is 18.4. The van der Waals surface area contributed by atoms with Crippen LogP contribution in [0.4, 0.5) is 0 Å². The first kappa shape index (κ1) is 11.8. The first-order chi connectivity index (χ1) is 8.11. The van der Waals surface area contributed by atoms with Crippen LogP contribution in [-0.4, -0.2) is 18.9 Å². The predicted molar refractivity (Wildman–Crippen MR) is 64.0 cm³/mol. The molecule has 0 saturated heterocycles. The highest BCUT2D eigenvalue weighted by Gasteiger charge is 2.25. The lowest BCUT2D eigenvalue weighted by Gasteiger charge is -2.22. The third-order valence-electron chi connectivity index (χ3n) is 3.38. The Bertz CT molecular complexity index is 463. The molecule has 0 aliphatic heterocycles. The molecule has 1 atom stereocenters. The van der Waals surface area contributed by atoms with E-state index >= 15 is 0 Å². The maximum atomic E-state index is 11.5. The molecule has 3 nitrogen and oxygen atoms in total. The molecule has 2 rings (SSSR count). The third-order valence-corrected chi connectivity index (χ3v) is 3.38. The number of ketones is 1. The average molecular weight is 232 g/mol. The lowest BCUT2D eigenvalue weighted by molar-refractivity contribution is -0.145. The van der Waals surface area contributed by atoms with Crippen molar-refractivity contribution in [2.45, 2.75) is 26.2 Å². The van der Waals surface area contributed by atoms with Gasteiger partial charge in [-0.25, -0.2) is 0 Å². The lowest BCUT2D eigenvalue weighted by Crippen LogP contribution is -2.23. The van der Waals surface area contributed by atoms with Crippen LogP contribution in [0, 0.1) is 5.92 Å². The van der Waals surface area contributed by atoms with Gasteiger partial charge in [0.2, 0.25) is 0 Å². The van der Waals surface area contributed by atoms with Crippen LogP contribution in [0.1, 0.15) is 34.8 Å². The Morgan fingerprint density at radius 3 is 2.71 bits per heavy atom. The summed E-state index contributed by atoms with van der Waals surface area (Å²) in [5.41, 5.74) is 3.11. The quantitative estimate of drug-likeness (QED) is 0.579. The molecule has 1 unspecified atom stereocenters. The first-order valence-corrected chi connectivity index (χ1v) is 5.82. The van der Waals surface area contributed by atoms with Crippen molar-refractivity contribution in [3.05, 3.63) is 34.9 Å². The molecule has 17 heavy (non-hydrogen) atoms. The monoisotopic (exact) mass is 232 g/mol. The SMILES string of the molecule is COC(=O)C1CCc2cc(C(C)=O)ccc2C1. The summed E-state index contributed by atoms with van der Waals surface area (Å²) in [4.78, 5) is 22.8. The Morgan fingerprint density at radius 2 is 2.06 bits per heavy atom. The predicted octanol–water partition coefficient (Wildman–Crippen LogP) is 2.17. The van der Waals surface area contributed by atoms with E-state index in [1.54, 1.807) is 6.92 Å².